The maximum atomic E-state index is 10.3. The number of aliphatic carboxylic acids is 1. The lowest BCUT2D eigenvalue weighted by molar-refractivity contribution is -0.157. The number of carbonyl (C=O) groups excluding carboxylic acids is 1. The Morgan fingerprint density at radius 1 is 1.33 bits per heavy atom. The Morgan fingerprint density at radius 3 is 2.06 bits per heavy atom. The maximum absolute atomic E-state index is 10.3. The van der Waals surface area contributed by atoms with E-state index in [1.807, 2.05) is 6.92 Å². The van der Waals surface area contributed by atoms with E-state index in [0.717, 1.165) is 12.8 Å². The van der Waals surface area contributed by atoms with E-state index in [1.54, 1.807) is 6.92 Å². The first kappa shape index (κ1) is 19.2. The minimum Gasteiger partial charge on any atom is -0.479 e. The summed E-state index contributed by atoms with van der Waals surface area (Å²) in [6, 6.07) is 0. The molecule has 2 unspecified atom stereocenters. The molecule has 0 aliphatic heterocycles. The van der Waals surface area contributed by atoms with Gasteiger partial charge in [-0.15, -0.1) is 0 Å². The van der Waals surface area contributed by atoms with Crippen molar-refractivity contribution in [3.8, 4) is 0 Å². The summed E-state index contributed by atoms with van der Waals surface area (Å²) < 4.78 is 4.41. The molecule has 0 saturated heterocycles. The molecule has 0 aliphatic rings. The molecule has 0 heterocycles. The molecule has 0 bridgehead atoms. The van der Waals surface area contributed by atoms with Crippen molar-refractivity contribution in [2.24, 2.45) is 0 Å². The summed E-state index contributed by atoms with van der Waals surface area (Å²) in [5.74, 6) is -1.70. The van der Waals surface area contributed by atoms with Crippen molar-refractivity contribution in [2.75, 3.05) is 6.61 Å². The predicted octanol–water partition coefficient (Wildman–Crippen LogP) is 0.943. The zero-order valence-electron chi connectivity index (χ0n) is 11.5. The van der Waals surface area contributed by atoms with E-state index in [9.17, 15) is 9.59 Å². The molecular formula is C12H24O6. The summed E-state index contributed by atoms with van der Waals surface area (Å²) in [5, 5.41) is 26.0. The minimum absolute atomic E-state index is 0.323. The molecule has 0 aromatic rings. The van der Waals surface area contributed by atoms with Crippen molar-refractivity contribution in [2.45, 2.75) is 58.7 Å². The number of carboxylic acids is 1. The van der Waals surface area contributed by atoms with Crippen molar-refractivity contribution in [1.29, 1.82) is 0 Å². The van der Waals surface area contributed by atoms with Crippen LogP contribution in [0.5, 0.6) is 0 Å². The molecule has 0 aliphatic carbocycles. The Bertz CT molecular complexity index is 247. The lowest BCUT2D eigenvalue weighted by atomic mass is 10.00. The second kappa shape index (κ2) is 9.85. The van der Waals surface area contributed by atoms with Gasteiger partial charge in [0.25, 0.3) is 0 Å². The molecular weight excluding hydrogens is 240 g/mol. The number of aliphatic hydroxyl groups excluding tert-OH is 1. The number of unbranched alkanes of at least 4 members (excludes halogenated alkanes) is 1. The van der Waals surface area contributed by atoms with Gasteiger partial charge in [-0.25, -0.2) is 9.59 Å². The van der Waals surface area contributed by atoms with Crippen LogP contribution in [0.2, 0.25) is 0 Å². The number of rotatable bonds is 6. The molecule has 0 aromatic heterocycles. The Balaban J connectivity index is 0. The van der Waals surface area contributed by atoms with E-state index in [2.05, 4.69) is 4.74 Å². The van der Waals surface area contributed by atoms with Gasteiger partial charge in [0.2, 0.25) is 0 Å². The first-order valence-electron chi connectivity index (χ1n) is 5.99. The molecule has 6 nitrogen and oxygen atoms in total. The fourth-order valence-corrected chi connectivity index (χ4v) is 0.891. The normalized spacial score (nSPS) is 14.8. The Labute approximate surface area is 108 Å². The van der Waals surface area contributed by atoms with E-state index in [1.165, 1.54) is 13.8 Å². The molecule has 18 heavy (non-hydrogen) atoms. The lowest BCUT2D eigenvalue weighted by Gasteiger charge is -2.16. The van der Waals surface area contributed by atoms with E-state index in [-0.39, 0.29) is 0 Å². The van der Waals surface area contributed by atoms with E-state index in [4.69, 9.17) is 15.3 Å². The van der Waals surface area contributed by atoms with Gasteiger partial charge in [0.05, 0.1) is 6.61 Å². The molecule has 2 atom stereocenters. The Hall–Kier alpha value is -1.14. The van der Waals surface area contributed by atoms with Crippen molar-refractivity contribution >= 4 is 11.9 Å². The highest BCUT2D eigenvalue weighted by Crippen LogP contribution is 2.12. The molecule has 0 rings (SSSR count). The molecule has 0 fully saturated rings. The summed E-state index contributed by atoms with van der Waals surface area (Å²) in [6.07, 6.45) is 0.997. The second-order valence-corrected chi connectivity index (χ2v) is 4.11. The third-order valence-corrected chi connectivity index (χ3v) is 2.11. The van der Waals surface area contributed by atoms with Gasteiger partial charge in [-0.05, 0) is 27.2 Å². The van der Waals surface area contributed by atoms with Crippen molar-refractivity contribution < 1.29 is 29.6 Å². The molecule has 0 aromatic carbocycles. The van der Waals surface area contributed by atoms with Crippen LogP contribution in [0.15, 0.2) is 0 Å². The van der Waals surface area contributed by atoms with Crippen LogP contribution < -0.4 is 0 Å². The van der Waals surface area contributed by atoms with Gasteiger partial charge in [0.15, 0.2) is 5.60 Å². The lowest BCUT2D eigenvalue weighted by Crippen LogP contribution is -2.34. The highest BCUT2D eigenvalue weighted by atomic mass is 16.5. The van der Waals surface area contributed by atoms with Gasteiger partial charge < -0.3 is 20.1 Å². The molecule has 6 heteroatoms. The third kappa shape index (κ3) is 10.0. The van der Waals surface area contributed by atoms with Crippen LogP contribution in [0.3, 0.4) is 0 Å². The summed E-state index contributed by atoms with van der Waals surface area (Å²) in [5.41, 5.74) is -1.53. The fourth-order valence-electron chi connectivity index (χ4n) is 0.891. The van der Waals surface area contributed by atoms with Crippen LogP contribution in [0, 0.1) is 0 Å². The number of hydrogen-bond donors (Lipinski definition) is 3. The van der Waals surface area contributed by atoms with E-state index >= 15 is 0 Å². The van der Waals surface area contributed by atoms with Gasteiger partial charge in [-0.1, -0.05) is 19.8 Å². The smallest absolute Gasteiger partial charge is 0.335 e. The van der Waals surface area contributed by atoms with Crippen LogP contribution >= 0.6 is 0 Å². The van der Waals surface area contributed by atoms with E-state index in [0.29, 0.717) is 13.0 Å². The van der Waals surface area contributed by atoms with E-state index < -0.39 is 23.6 Å². The molecule has 0 spiro atoms. The van der Waals surface area contributed by atoms with Crippen LogP contribution in [-0.2, 0) is 14.3 Å². The topological polar surface area (TPSA) is 104 Å². The standard InChI is InChI=1S/C7H14O3.C5H10O3/c1-3-4-5-7(2,10)6(8)9;1-3-8-5(7)4(2)6/h10H,3-5H2,1-2H3,(H,8,9);4,6H,3H2,1-2H3. The SMILES string of the molecule is CCCCC(C)(O)C(=O)O.CCOC(=O)C(C)O. The number of ether oxygens (including phenoxy) is 1. The highest BCUT2D eigenvalue weighted by Gasteiger charge is 2.28. The summed E-state index contributed by atoms with van der Waals surface area (Å²) >= 11 is 0. The van der Waals surface area contributed by atoms with Crippen LogP contribution in [-0.4, -0.2) is 45.6 Å². The molecule has 108 valence electrons. The molecule has 3 N–H and O–H groups in total. The molecule has 0 amide bonds. The maximum Gasteiger partial charge on any atom is 0.335 e. The number of esters is 1. The fraction of sp³-hybridized carbons (Fsp3) is 0.833. The first-order valence-corrected chi connectivity index (χ1v) is 5.99. The zero-order chi connectivity index (χ0) is 14.8. The van der Waals surface area contributed by atoms with Crippen molar-refractivity contribution in [1.82, 2.24) is 0 Å². The van der Waals surface area contributed by atoms with Gasteiger partial charge >= 0.3 is 11.9 Å². The first-order chi connectivity index (χ1) is 8.18. The average Bonchev–Trinajstić information content (AvgIpc) is 2.27. The summed E-state index contributed by atoms with van der Waals surface area (Å²) in [6.45, 7) is 6.67. The predicted molar refractivity (Wildman–Crippen MR) is 66.1 cm³/mol. The van der Waals surface area contributed by atoms with Crippen molar-refractivity contribution in [3.05, 3.63) is 0 Å². The monoisotopic (exact) mass is 264 g/mol. The van der Waals surface area contributed by atoms with Crippen molar-refractivity contribution in [3.63, 3.8) is 0 Å². The highest BCUT2D eigenvalue weighted by molar-refractivity contribution is 5.76. The van der Waals surface area contributed by atoms with Crippen LogP contribution in [0.25, 0.3) is 0 Å². The summed E-state index contributed by atoms with van der Waals surface area (Å²) in [4.78, 5) is 20.5. The van der Waals surface area contributed by atoms with Gasteiger partial charge in [-0.3, -0.25) is 0 Å². The van der Waals surface area contributed by atoms with Gasteiger partial charge in [-0.2, -0.15) is 0 Å². The zero-order valence-corrected chi connectivity index (χ0v) is 11.5. The number of carboxylic acid groups (broad SMARTS) is 1. The molecule has 0 radical (unpaired) electrons. The molecule has 0 saturated carbocycles. The van der Waals surface area contributed by atoms with Gasteiger partial charge in [0, 0.05) is 0 Å². The van der Waals surface area contributed by atoms with Crippen LogP contribution in [0.1, 0.15) is 47.0 Å². The Morgan fingerprint density at radius 2 is 1.83 bits per heavy atom. The largest absolute Gasteiger partial charge is 0.479 e. The number of hydrogen-bond acceptors (Lipinski definition) is 5. The van der Waals surface area contributed by atoms with Crippen LogP contribution in [0.4, 0.5) is 0 Å². The quantitative estimate of drug-likeness (QED) is 0.617. The minimum atomic E-state index is -1.53. The number of aliphatic hydroxyl groups is 2. The second-order valence-electron chi connectivity index (χ2n) is 4.11. The average molecular weight is 264 g/mol. The number of carbonyl (C=O) groups is 2. The Kier molecular flexibility index (Phi) is 10.5. The van der Waals surface area contributed by atoms with Gasteiger partial charge in [0.1, 0.15) is 6.10 Å². The third-order valence-electron chi connectivity index (χ3n) is 2.11. The summed E-state index contributed by atoms with van der Waals surface area (Å²) in [7, 11) is 0.